The van der Waals surface area contributed by atoms with Gasteiger partial charge in [-0.25, -0.2) is 0 Å². The molecule has 0 unspecified atom stereocenters. The average molecular weight is 150 g/mol. The van der Waals surface area contributed by atoms with Crippen molar-refractivity contribution < 1.29 is 5.11 Å². The fraction of sp³-hybridized carbons (Fsp3) is 0.400. The van der Waals surface area contributed by atoms with Crippen molar-refractivity contribution in [2.75, 3.05) is 0 Å². The Morgan fingerprint density at radius 2 is 2.09 bits per heavy atom. The van der Waals surface area contributed by atoms with E-state index in [1.807, 2.05) is 26.0 Å². The van der Waals surface area contributed by atoms with Crippen LogP contribution in [0.4, 0.5) is 0 Å². The lowest BCUT2D eigenvalue weighted by molar-refractivity contribution is 0.418. The molecular formula is C10H14O. The molecule has 0 aliphatic heterocycles. The molecule has 0 fully saturated rings. The standard InChI is InChI=1S/C10H14O/c1-4-9-5-7(2)8(3)6-10(9)11/h4,6,11H,5H2,1-3H3/b9-4-. The van der Waals surface area contributed by atoms with Crippen molar-refractivity contribution in [1.82, 2.24) is 0 Å². The van der Waals surface area contributed by atoms with Crippen LogP contribution in [0.1, 0.15) is 27.2 Å². The second kappa shape index (κ2) is 2.95. The first-order valence-electron chi connectivity index (χ1n) is 3.87. The Balaban J connectivity index is 3.01. The van der Waals surface area contributed by atoms with Crippen molar-refractivity contribution in [1.29, 1.82) is 0 Å². The van der Waals surface area contributed by atoms with Crippen LogP contribution in [0.5, 0.6) is 0 Å². The minimum Gasteiger partial charge on any atom is -0.508 e. The summed E-state index contributed by atoms with van der Waals surface area (Å²) in [5, 5.41) is 9.42. The van der Waals surface area contributed by atoms with E-state index in [0.29, 0.717) is 5.76 Å². The summed E-state index contributed by atoms with van der Waals surface area (Å²) < 4.78 is 0. The normalized spacial score (nSPS) is 22.5. The van der Waals surface area contributed by atoms with Gasteiger partial charge in [-0.15, -0.1) is 0 Å². The van der Waals surface area contributed by atoms with Crippen LogP contribution < -0.4 is 0 Å². The number of allylic oxidation sites excluding steroid dienone is 5. The van der Waals surface area contributed by atoms with Crippen LogP contribution in [-0.4, -0.2) is 5.11 Å². The highest BCUT2D eigenvalue weighted by Crippen LogP contribution is 2.26. The van der Waals surface area contributed by atoms with Crippen molar-refractivity contribution in [3.8, 4) is 0 Å². The molecule has 11 heavy (non-hydrogen) atoms. The molecule has 0 saturated heterocycles. The molecule has 0 heterocycles. The summed E-state index contributed by atoms with van der Waals surface area (Å²) in [5.41, 5.74) is 3.57. The molecule has 1 aliphatic rings. The van der Waals surface area contributed by atoms with Gasteiger partial charge < -0.3 is 5.11 Å². The minimum atomic E-state index is 0.426. The Labute approximate surface area is 67.7 Å². The predicted octanol–water partition coefficient (Wildman–Crippen LogP) is 3.11. The van der Waals surface area contributed by atoms with Crippen molar-refractivity contribution in [2.45, 2.75) is 27.2 Å². The maximum atomic E-state index is 9.42. The van der Waals surface area contributed by atoms with Crippen molar-refractivity contribution in [2.24, 2.45) is 0 Å². The Hall–Kier alpha value is -0.980. The zero-order chi connectivity index (χ0) is 8.43. The maximum absolute atomic E-state index is 9.42. The molecule has 0 aromatic rings. The third kappa shape index (κ3) is 1.53. The fourth-order valence-corrected chi connectivity index (χ4v) is 1.19. The highest BCUT2D eigenvalue weighted by molar-refractivity contribution is 5.41. The van der Waals surface area contributed by atoms with E-state index < -0.39 is 0 Å². The Kier molecular flexibility index (Phi) is 2.18. The number of aliphatic hydroxyl groups is 1. The lowest BCUT2D eigenvalue weighted by atomic mass is 9.94. The molecule has 0 atom stereocenters. The Bertz CT molecular complexity index is 254. The second-order valence-electron chi connectivity index (χ2n) is 2.98. The first-order valence-corrected chi connectivity index (χ1v) is 3.87. The molecule has 0 radical (unpaired) electrons. The lowest BCUT2D eigenvalue weighted by Crippen LogP contribution is -1.98. The maximum Gasteiger partial charge on any atom is 0.119 e. The molecule has 0 saturated carbocycles. The third-order valence-corrected chi connectivity index (χ3v) is 2.16. The summed E-state index contributed by atoms with van der Waals surface area (Å²) >= 11 is 0. The van der Waals surface area contributed by atoms with Gasteiger partial charge in [0.15, 0.2) is 0 Å². The number of rotatable bonds is 0. The quantitative estimate of drug-likeness (QED) is 0.562. The number of aliphatic hydroxyl groups excluding tert-OH is 1. The van der Waals surface area contributed by atoms with Crippen LogP contribution in [0.25, 0.3) is 0 Å². The van der Waals surface area contributed by atoms with E-state index in [4.69, 9.17) is 0 Å². The van der Waals surface area contributed by atoms with E-state index >= 15 is 0 Å². The molecule has 0 amide bonds. The van der Waals surface area contributed by atoms with Crippen LogP contribution in [0.15, 0.2) is 34.6 Å². The van der Waals surface area contributed by atoms with Gasteiger partial charge >= 0.3 is 0 Å². The van der Waals surface area contributed by atoms with Gasteiger partial charge in [0.2, 0.25) is 0 Å². The summed E-state index contributed by atoms with van der Waals surface area (Å²) in [4.78, 5) is 0. The van der Waals surface area contributed by atoms with Gasteiger partial charge in [0.25, 0.3) is 0 Å². The van der Waals surface area contributed by atoms with Gasteiger partial charge in [0.05, 0.1) is 0 Å². The SMILES string of the molecule is C/C=C1/CC(C)=C(C)C=C1O. The third-order valence-electron chi connectivity index (χ3n) is 2.16. The molecule has 60 valence electrons. The van der Waals surface area contributed by atoms with Gasteiger partial charge in [0, 0.05) is 0 Å². The molecule has 1 N–H and O–H groups in total. The van der Waals surface area contributed by atoms with Crippen LogP contribution in [-0.2, 0) is 0 Å². The Morgan fingerprint density at radius 1 is 1.45 bits per heavy atom. The fourth-order valence-electron chi connectivity index (χ4n) is 1.19. The summed E-state index contributed by atoms with van der Waals surface area (Å²) in [6, 6.07) is 0. The highest BCUT2D eigenvalue weighted by atomic mass is 16.3. The summed E-state index contributed by atoms with van der Waals surface area (Å²) in [6.07, 6.45) is 4.68. The highest BCUT2D eigenvalue weighted by Gasteiger charge is 2.10. The van der Waals surface area contributed by atoms with Crippen molar-refractivity contribution >= 4 is 0 Å². The first-order chi connectivity index (χ1) is 5.15. The molecule has 0 bridgehead atoms. The minimum absolute atomic E-state index is 0.426. The molecular weight excluding hydrogens is 136 g/mol. The number of hydrogen-bond acceptors (Lipinski definition) is 1. The van der Waals surface area contributed by atoms with Crippen LogP contribution in [0.3, 0.4) is 0 Å². The van der Waals surface area contributed by atoms with Crippen LogP contribution in [0.2, 0.25) is 0 Å². The van der Waals surface area contributed by atoms with E-state index in [0.717, 1.165) is 12.0 Å². The predicted molar refractivity (Wildman–Crippen MR) is 47.5 cm³/mol. The summed E-state index contributed by atoms with van der Waals surface area (Å²) in [5.74, 6) is 0.426. The largest absolute Gasteiger partial charge is 0.508 e. The molecule has 1 heteroatoms. The average Bonchev–Trinajstić information content (AvgIpc) is 1.97. The monoisotopic (exact) mass is 150 g/mol. The van der Waals surface area contributed by atoms with E-state index in [1.54, 1.807) is 0 Å². The molecule has 1 rings (SSSR count). The van der Waals surface area contributed by atoms with Crippen LogP contribution in [0, 0.1) is 0 Å². The molecule has 1 aliphatic carbocycles. The topological polar surface area (TPSA) is 20.2 Å². The molecule has 0 aromatic carbocycles. The lowest BCUT2D eigenvalue weighted by Gasteiger charge is -2.14. The van der Waals surface area contributed by atoms with Gasteiger partial charge in [-0.3, -0.25) is 0 Å². The van der Waals surface area contributed by atoms with Crippen molar-refractivity contribution in [3.05, 3.63) is 34.6 Å². The molecule has 1 nitrogen and oxygen atoms in total. The van der Waals surface area contributed by atoms with E-state index in [-0.39, 0.29) is 0 Å². The molecule has 0 aromatic heterocycles. The van der Waals surface area contributed by atoms with Crippen molar-refractivity contribution in [3.63, 3.8) is 0 Å². The van der Waals surface area contributed by atoms with Gasteiger partial charge in [-0.2, -0.15) is 0 Å². The zero-order valence-electron chi connectivity index (χ0n) is 7.31. The van der Waals surface area contributed by atoms with Gasteiger partial charge in [0.1, 0.15) is 5.76 Å². The second-order valence-corrected chi connectivity index (χ2v) is 2.98. The molecule has 0 spiro atoms. The number of hydrogen-bond donors (Lipinski definition) is 1. The van der Waals surface area contributed by atoms with Crippen LogP contribution >= 0.6 is 0 Å². The van der Waals surface area contributed by atoms with E-state index in [1.165, 1.54) is 11.1 Å². The van der Waals surface area contributed by atoms with E-state index in [9.17, 15) is 5.11 Å². The van der Waals surface area contributed by atoms with Gasteiger partial charge in [-0.05, 0) is 44.4 Å². The Morgan fingerprint density at radius 3 is 2.64 bits per heavy atom. The van der Waals surface area contributed by atoms with Gasteiger partial charge in [-0.1, -0.05) is 11.6 Å². The summed E-state index contributed by atoms with van der Waals surface area (Å²) in [6.45, 7) is 6.08. The summed E-state index contributed by atoms with van der Waals surface area (Å²) in [7, 11) is 0. The smallest absolute Gasteiger partial charge is 0.119 e. The zero-order valence-corrected chi connectivity index (χ0v) is 7.31. The first kappa shape index (κ1) is 8.12. The van der Waals surface area contributed by atoms with E-state index in [2.05, 4.69) is 6.92 Å².